The van der Waals surface area contributed by atoms with Crippen LogP contribution in [0.4, 0.5) is 0 Å². The Balaban J connectivity index is 1.69. The number of aromatic nitrogens is 4. The summed E-state index contributed by atoms with van der Waals surface area (Å²) in [6.07, 6.45) is 3.63. The molecule has 1 atom stereocenters. The number of benzene rings is 1. The molecule has 1 aliphatic rings. The fraction of sp³-hybridized carbons (Fsp3) is 0.286. The van der Waals surface area contributed by atoms with Crippen molar-refractivity contribution in [2.75, 3.05) is 13.2 Å². The SMILES string of the molecule is Cc1noc(C)c1-c1cnc2c3ccc(C(=O)O)nc3n([C@H](c3ccccc3)C3CCOCC3)c2c1. The highest BCUT2D eigenvalue weighted by Gasteiger charge is 2.31. The maximum Gasteiger partial charge on any atom is 0.354 e. The first-order valence-corrected chi connectivity index (χ1v) is 12.1. The molecule has 1 aliphatic heterocycles. The molecule has 0 unspecified atom stereocenters. The van der Waals surface area contributed by atoms with Crippen LogP contribution in [0.5, 0.6) is 0 Å². The number of carboxylic acids is 1. The quantitative estimate of drug-likeness (QED) is 0.349. The van der Waals surface area contributed by atoms with Gasteiger partial charge in [-0.15, -0.1) is 0 Å². The van der Waals surface area contributed by atoms with Crippen LogP contribution in [0.15, 0.2) is 59.3 Å². The van der Waals surface area contributed by atoms with E-state index in [9.17, 15) is 9.90 Å². The van der Waals surface area contributed by atoms with Gasteiger partial charge in [-0.05, 0) is 56.4 Å². The van der Waals surface area contributed by atoms with Crippen LogP contribution in [0.3, 0.4) is 0 Å². The molecule has 8 heteroatoms. The van der Waals surface area contributed by atoms with Crippen LogP contribution in [0.2, 0.25) is 0 Å². The van der Waals surface area contributed by atoms with E-state index in [4.69, 9.17) is 14.2 Å². The zero-order chi connectivity index (χ0) is 24.8. The molecule has 0 amide bonds. The Hall–Kier alpha value is -4.04. The predicted molar refractivity (Wildman–Crippen MR) is 135 cm³/mol. The van der Waals surface area contributed by atoms with E-state index < -0.39 is 5.97 Å². The molecule has 5 aromatic rings. The minimum atomic E-state index is -1.06. The molecule has 8 nitrogen and oxygen atoms in total. The van der Waals surface area contributed by atoms with E-state index in [0.29, 0.717) is 18.9 Å². The Labute approximate surface area is 207 Å². The number of hydrogen-bond acceptors (Lipinski definition) is 6. The van der Waals surface area contributed by atoms with Gasteiger partial charge >= 0.3 is 5.97 Å². The molecule has 0 bridgehead atoms. The Bertz CT molecular complexity index is 1560. The van der Waals surface area contributed by atoms with Gasteiger partial charge in [0.2, 0.25) is 0 Å². The highest BCUT2D eigenvalue weighted by Crippen LogP contribution is 2.41. The second-order valence-electron chi connectivity index (χ2n) is 9.34. The first-order valence-electron chi connectivity index (χ1n) is 12.1. The summed E-state index contributed by atoms with van der Waals surface area (Å²) in [5.74, 6) is -0.0370. The molecule has 5 heterocycles. The largest absolute Gasteiger partial charge is 0.477 e. The number of carboxylic acid groups (broad SMARTS) is 1. The van der Waals surface area contributed by atoms with E-state index in [2.05, 4.69) is 32.9 Å². The van der Waals surface area contributed by atoms with Crippen molar-refractivity contribution in [3.8, 4) is 11.1 Å². The van der Waals surface area contributed by atoms with E-state index in [-0.39, 0.29) is 17.7 Å². The lowest BCUT2D eigenvalue weighted by molar-refractivity contribution is 0.0552. The van der Waals surface area contributed by atoms with Gasteiger partial charge in [0.15, 0.2) is 5.69 Å². The van der Waals surface area contributed by atoms with Crippen LogP contribution in [-0.4, -0.2) is 44.0 Å². The zero-order valence-electron chi connectivity index (χ0n) is 20.1. The highest BCUT2D eigenvalue weighted by molar-refractivity contribution is 6.06. The van der Waals surface area contributed by atoms with E-state index >= 15 is 0 Å². The second kappa shape index (κ2) is 8.87. The molecule has 0 spiro atoms. The topological polar surface area (TPSA) is 103 Å². The Kier molecular flexibility index (Phi) is 5.53. The minimum Gasteiger partial charge on any atom is -0.477 e. The molecule has 36 heavy (non-hydrogen) atoms. The molecule has 6 rings (SSSR count). The average molecular weight is 483 g/mol. The molecule has 182 valence electrons. The highest BCUT2D eigenvalue weighted by atomic mass is 16.5. The van der Waals surface area contributed by atoms with Crippen molar-refractivity contribution in [2.45, 2.75) is 32.7 Å². The fourth-order valence-electron chi connectivity index (χ4n) is 5.52. The first kappa shape index (κ1) is 22.4. The van der Waals surface area contributed by atoms with E-state index in [0.717, 1.165) is 57.4 Å². The van der Waals surface area contributed by atoms with E-state index in [1.165, 1.54) is 0 Å². The third-order valence-electron chi connectivity index (χ3n) is 7.16. The summed E-state index contributed by atoms with van der Waals surface area (Å²) in [7, 11) is 0. The number of hydrogen-bond donors (Lipinski definition) is 1. The number of aromatic carboxylic acids is 1. The van der Waals surface area contributed by atoms with Crippen LogP contribution >= 0.6 is 0 Å². The van der Waals surface area contributed by atoms with Gasteiger partial charge in [-0.25, -0.2) is 9.78 Å². The minimum absolute atomic E-state index is 0.0105. The number of rotatable bonds is 5. The molecule has 0 saturated carbocycles. The smallest absolute Gasteiger partial charge is 0.354 e. The van der Waals surface area contributed by atoms with Gasteiger partial charge in [-0.2, -0.15) is 0 Å². The van der Waals surface area contributed by atoms with Crippen molar-refractivity contribution >= 4 is 28.0 Å². The summed E-state index contributed by atoms with van der Waals surface area (Å²) in [4.78, 5) is 21.4. The molecule has 1 saturated heterocycles. The maximum absolute atomic E-state index is 11.9. The molecule has 0 radical (unpaired) electrons. The molecule has 4 aromatic heterocycles. The van der Waals surface area contributed by atoms with Crippen LogP contribution in [-0.2, 0) is 4.74 Å². The molecule has 0 aliphatic carbocycles. The molecule has 1 N–H and O–H groups in total. The van der Waals surface area contributed by atoms with Crippen LogP contribution in [0.25, 0.3) is 33.2 Å². The lowest BCUT2D eigenvalue weighted by Gasteiger charge is -2.32. The van der Waals surface area contributed by atoms with Crippen molar-refractivity contribution in [2.24, 2.45) is 5.92 Å². The summed E-state index contributed by atoms with van der Waals surface area (Å²) < 4.78 is 13.3. The van der Waals surface area contributed by atoms with Gasteiger partial charge in [0.05, 0.1) is 22.8 Å². The standard InChI is InChI=1S/C28H26N4O4/c1-16-24(17(2)36-31-16)20-14-23-25(29-15-20)21-8-9-22(28(33)34)30-27(21)32(23)26(18-6-4-3-5-7-18)19-10-12-35-13-11-19/h3-9,14-15,19,26H,10-13H2,1-2H3,(H,33,34)/t26-/m1/s1. The van der Waals surface area contributed by atoms with Crippen molar-refractivity contribution in [1.29, 1.82) is 0 Å². The lowest BCUT2D eigenvalue weighted by atomic mass is 9.86. The molecular formula is C28H26N4O4. The van der Waals surface area contributed by atoms with Gasteiger partial charge in [0.25, 0.3) is 0 Å². The molecule has 1 aromatic carbocycles. The summed E-state index contributed by atoms with van der Waals surface area (Å²) in [5, 5.41) is 14.7. The Morgan fingerprint density at radius 1 is 1.11 bits per heavy atom. The van der Waals surface area contributed by atoms with E-state index in [1.807, 2.05) is 44.3 Å². The predicted octanol–water partition coefficient (Wildman–Crippen LogP) is 5.57. The Morgan fingerprint density at radius 2 is 1.89 bits per heavy atom. The van der Waals surface area contributed by atoms with Gasteiger partial charge in [0, 0.05) is 35.9 Å². The van der Waals surface area contributed by atoms with Crippen LogP contribution in [0.1, 0.15) is 46.4 Å². The van der Waals surface area contributed by atoms with Gasteiger partial charge in [0.1, 0.15) is 11.4 Å². The summed E-state index contributed by atoms with van der Waals surface area (Å²) >= 11 is 0. The summed E-state index contributed by atoms with van der Waals surface area (Å²) in [6.45, 7) is 5.20. The maximum atomic E-state index is 11.9. The lowest BCUT2D eigenvalue weighted by Crippen LogP contribution is -2.27. The van der Waals surface area contributed by atoms with Crippen LogP contribution in [0, 0.1) is 19.8 Å². The zero-order valence-corrected chi connectivity index (χ0v) is 20.1. The molecule has 1 fully saturated rings. The number of ether oxygens (including phenoxy) is 1. The van der Waals surface area contributed by atoms with Crippen molar-refractivity contribution in [3.63, 3.8) is 0 Å². The second-order valence-corrected chi connectivity index (χ2v) is 9.34. The Morgan fingerprint density at radius 3 is 2.58 bits per heavy atom. The van der Waals surface area contributed by atoms with Crippen molar-refractivity contribution < 1.29 is 19.2 Å². The van der Waals surface area contributed by atoms with Crippen LogP contribution < -0.4 is 0 Å². The number of fused-ring (bicyclic) bond motifs is 3. The number of aryl methyl sites for hydroxylation is 2. The van der Waals surface area contributed by atoms with Crippen molar-refractivity contribution in [3.05, 3.63) is 77.4 Å². The first-order chi connectivity index (χ1) is 17.5. The number of carbonyl (C=O) groups is 1. The fourth-order valence-corrected chi connectivity index (χ4v) is 5.52. The monoisotopic (exact) mass is 482 g/mol. The van der Waals surface area contributed by atoms with Gasteiger partial charge < -0.3 is 18.9 Å². The molecular weight excluding hydrogens is 456 g/mol. The van der Waals surface area contributed by atoms with Gasteiger partial charge in [-0.1, -0.05) is 35.5 Å². The third-order valence-corrected chi connectivity index (χ3v) is 7.16. The van der Waals surface area contributed by atoms with Gasteiger partial charge in [-0.3, -0.25) is 4.98 Å². The number of nitrogens with zero attached hydrogens (tertiary/aromatic N) is 4. The number of pyridine rings is 2. The average Bonchev–Trinajstić information content (AvgIpc) is 3.41. The third kappa shape index (κ3) is 3.65. The van der Waals surface area contributed by atoms with E-state index in [1.54, 1.807) is 6.07 Å². The summed E-state index contributed by atoms with van der Waals surface area (Å²) in [5.41, 5.74) is 6.09. The normalized spacial score (nSPS) is 15.5. The van der Waals surface area contributed by atoms with Crippen molar-refractivity contribution in [1.82, 2.24) is 19.7 Å². The summed E-state index contributed by atoms with van der Waals surface area (Å²) in [6, 6.07) is 15.8.